The van der Waals surface area contributed by atoms with Crippen LogP contribution in [0.1, 0.15) is 31.9 Å². The third-order valence-electron chi connectivity index (χ3n) is 2.80. The Kier molecular flexibility index (Phi) is 5.84. The molecule has 96 valence electrons. The molecule has 3 nitrogen and oxygen atoms in total. The highest BCUT2D eigenvalue weighted by molar-refractivity contribution is 6.60. The summed E-state index contributed by atoms with van der Waals surface area (Å²) in [5.74, 6) is 0. The van der Waals surface area contributed by atoms with Crippen molar-refractivity contribution >= 4 is 8.80 Å². The number of hydrogen-bond acceptors (Lipinski definition) is 3. The van der Waals surface area contributed by atoms with Crippen molar-refractivity contribution in [1.29, 1.82) is 0 Å². The Hall–Kier alpha value is -0.683. The number of hydrogen-bond donors (Lipinski definition) is 0. The van der Waals surface area contributed by atoms with E-state index in [0.717, 1.165) is 18.0 Å². The van der Waals surface area contributed by atoms with Gasteiger partial charge in [0.1, 0.15) is 0 Å². The van der Waals surface area contributed by atoms with Crippen molar-refractivity contribution in [2.45, 2.75) is 32.4 Å². The predicted octanol–water partition coefficient (Wildman–Crippen LogP) is 3.41. The SMILES string of the molecule is CCC[Si](OC)(OC)OC(C)c1ccccc1. The summed E-state index contributed by atoms with van der Waals surface area (Å²) in [5.41, 5.74) is 1.15. The minimum atomic E-state index is -2.49. The van der Waals surface area contributed by atoms with Crippen LogP contribution >= 0.6 is 0 Å². The van der Waals surface area contributed by atoms with Crippen LogP contribution in [0.25, 0.3) is 0 Å². The van der Waals surface area contributed by atoms with Crippen molar-refractivity contribution in [3.63, 3.8) is 0 Å². The Bertz CT molecular complexity index is 312. The van der Waals surface area contributed by atoms with E-state index in [2.05, 4.69) is 19.1 Å². The minimum Gasteiger partial charge on any atom is -0.377 e. The summed E-state index contributed by atoms with van der Waals surface area (Å²) >= 11 is 0. The second kappa shape index (κ2) is 6.91. The molecule has 1 unspecified atom stereocenters. The van der Waals surface area contributed by atoms with Crippen molar-refractivity contribution in [2.75, 3.05) is 14.2 Å². The summed E-state index contributed by atoms with van der Waals surface area (Å²) in [4.78, 5) is 0. The van der Waals surface area contributed by atoms with Gasteiger partial charge in [-0.1, -0.05) is 43.7 Å². The molecule has 0 radical (unpaired) electrons. The zero-order valence-corrected chi connectivity index (χ0v) is 12.1. The highest BCUT2D eigenvalue weighted by Gasteiger charge is 2.39. The standard InChI is InChI=1S/C13H22O3Si/c1-5-11-17(14-3,15-4)16-12(2)13-9-7-6-8-10-13/h6-10,12H,5,11H2,1-4H3. The fraction of sp³-hybridized carbons (Fsp3) is 0.538. The number of benzene rings is 1. The molecule has 0 saturated carbocycles. The first-order valence-corrected chi connectivity index (χ1v) is 7.93. The fourth-order valence-electron chi connectivity index (χ4n) is 1.81. The normalized spacial score (nSPS) is 13.6. The van der Waals surface area contributed by atoms with Crippen LogP contribution in [-0.2, 0) is 13.3 Å². The van der Waals surface area contributed by atoms with Crippen LogP contribution in [0.5, 0.6) is 0 Å². The molecule has 0 saturated heterocycles. The lowest BCUT2D eigenvalue weighted by atomic mass is 10.1. The Balaban J connectivity index is 2.73. The van der Waals surface area contributed by atoms with Gasteiger partial charge >= 0.3 is 8.80 Å². The zero-order valence-electron chi connectivity index (χ0n) is 11.1. The van der Waals surface area contributed by atoms with E-state index in [1.165, 1.54) is 0 Å². The summed E-state index contributed by atoms with van der Waals surface area (Å²) in [6, 6.07) is 11.0. The zero-order chi connectivity index (χ0) is 12.7. The van der Waals surface area contributed by atoms with E-state index in [1.54, 1.807) is 14.2 Å². The predicted molar refractivity (Wildman–Crippen MR) is 70.8 cm³/mol. The van der Waals surface area contributed by atoms with Crippen LogP contribution in [0.3, 0.4) is 0 Å². The average molecular weight is 254 g/mol. The van der Waals surface area contributed by atoms with Crippen LogP contribution in [0.15, 0.2) is 30.3 Å². The summed E-state index contributed by atoms with van der Waals surface area (Å²) < 4.78 is 17.1. The molecule has 0 aliphatic carbocycles. The van der Waals surface area contributed by atoms with Gasteiger partial charge in [-0.15, -0.1) is 0 Å². The van der Waals surface area contributed by atoms with Gasteiger partial charge < -0.3 is 13.3 Å². The highest BCUT2D eigenvalue weighted by atomic mass is 28.4. The van der Waals surface area contributed by atoms with Gasteiger partial charge in [0.2, 0.25) is 0 Å². The maximum absolute atomic E-state index is 6.06. The van der Waals surface area contributed by atoms with Gasteiger partial charge in [0.25, 0.3) is 0 Å². The summed E-state index contributed by atoms with van der Waals surface area (Å²) in [7, 11) is 0.850. The van der Waals surface area contributed by atoms with Crippen LogP contribution in [0.4, 0.5) is 0 Å². The fourth-order valence-corrected chi connectivity index (χ4v) is 3.98. The van der Waals surface area contributed by atoms with Gasteiger partial charge in [0.15, 0.2) is 0 Å². The van der Waals surface area contributed by atoms with E-state index in [0.29, 0.717) is 0 Å². The monoisotopic (exact) mass is 254 g/mol. The highest BCUT2D eigenvalue weighted by Crippen LogP contribution is 2.25. The molecule has 0 N–H and O–H groups in total. The molecule has 0 spiro atoms. The van der Waals surface area contributed by atoms with Gasteiger partial charge in [-0.2, -0.15) is 0 Å². The van der Waals surface area contributed by atoms with Gasteiger partial charge in [-0.25, -0.2) is 0 Å². The molecule has 1 aromatic carbocycles. The molecule has 0 amide bonds. The molecule has 0 aromatic heterocycles. The van der Waals surface area contributed by atoms with Gasteiger partial charge in [0.05, 0.1) is 6.10 Å². The van der Waals surface area contributed by atoms with E-state index in [4.69, 9.17) is 13.3 Å². The third-order valence-corrected chi connectivity index (χ3v) is 5.87. The van der Waals surface area contributed by atoms with Crippen molar-refractivity contribution in [1.82, 2.24) is 0 Å². The van der Waals surface area contributed by atoms with Crippen LogP contribution in [0, 0.1) is 0 Å². The maximum Gasteiger partial charge on any atom is 0.500 e. The van der Waals surface area contributed by atoms with Crippen molar-refractivity contribution in [3.8, 4) is 0 Å². The first-order chi connectivity index (χ1) is 8.17. The van der Waals surface area contributed by atoms with E-state index in [9.17, 15) is 0 Å². The lowest BCUT2D eigenvalue weighted by molar-refractivity contribution is 0.0621. The van der Waals surface area contributed by atoms with Gasteiger partial charge in [-0.05, 0) is 12.5 Å². The van der Waals surface area contributed by atoms with Crippen molar-refractivity contribution in [2.24, 2.45) is 0 Å². The quantitative estimate of drug-likeness (QED) is 0.698. The molecule has 0 aliphatic heterocycles. The molecule has 0 fully saturated rings. The van der Waals surface area contributed by atoms with Gasteiger partial charge in [0, 0.05) is 20.3 Å². The minimum absolute atomic E-state index is 0.00526. The lowest BCUT2D eigenvalue weighted by Gasteiger charge is -2.29. The van der Waals surface area contributed by atoms with Crippen LogP contribution < -0.4 is 0 Å². The molecule has 1 atom stereocenters. The Morgan fingerprint density at radius 2 is 1.71 bits per heavy atom. The summed E-state index contributed by atoms with van der Waals surface area (Å²) in [5, 5.41) is 0. The molecule has 4 heteroatoms. The molecule has 0 heterocycles. The van der Waals surface area contributed by atoms with Crippen LogP contribution in [0.2, 0.25) is 6.04 Å². The molecule has 1 aromatic rings. The largest absolute Gasteiger partial charge is 0.500 e. The van der Waals surface area contributed by atoms with Crippen molar-refractivity contribution in [3.05, 3.63) is 35.9 Å². The van der Waals surface area contributed by atoms with E-state index in [-0.39, 0.29) is 6.10 Å². The summed E-state index contributed by atoms with van der Waals surface area (Å²) in [6.07, 6.45) is 0.990. The Morgan fingerprint density at radius 3 is 2.18 bits per heavy atom. The Morgan fingerprint density at radius 1 is 1.12 bits per heavy atom. The average Bonchev–Trinajstić information content (AvgIpc) is 2.39. The smallest absolute Gasteiger partial charge is 0.377 e. The number of rotatable bonds is 7. The van der Waals surface area contributed by atoms with Crippen LogP contribution in [-0.4, -0.2) is 23.0 Å². The first-order valence-electron chi connectivity index (χ1n) is 6.00. The van der Waals surface area contributed by atoms with E-state index in [1.807, 2.05) is 25.1 Å². The molecule has 0 aliphatic rings. The molecule has 17 heavy (non-hydrogen) atoms. The third kappa shape index (κ3) is 3.92. The molecule has 0 bridgehead atoms. The molecular formula is C13H22O3Si. The van der Waals surface area contributed by atoms with E-state index >= 15 is 0 Å². The Labute approximate surface area is 105 Å². The summed E-state index contributed by atoms with van der Waals surface area (Å²) in [6.45, 7) is 4.14. The molecule has 1 rings (SSSR count). The lowest BCUT2D eigenvalue weighted by Crippen LogP contribution is -2.44. The second-order valence-electron chi connectivity index (χ2n) is 4.01. The second-order valence-corrected chi connectivity index (χ2v) is 6.93. The topological polar surface area (TPSA) is 27.7 Å². The molecular weight excluding hydrogens is 232 g/mol. The maximum atomic E-state index is 6.06. The first kappa shape index (κ1) is 14.4. The van der Waals surface area contributed by atoms with Crippen molar-refractivity contribution < 1.29 is 13.3 Å². The van der Waals surface area contributed by atoms with E-state index < -0.39 is 8.80 Å². The van der Waals surface area contributed by atoms with Gasteiger partial charge in [-0.3, -0.25) is 0 Å².